The predicted octanol–water partition coefficient (Wildman–Crippen LogP) is 2.14. The zero-order valence-corrected chi connectivity index (χ0v) is 12.7. The van der Waals surface area contributed by atoms with E-state index < -0.39 is 10.6 Å². The van der Waals surface area contributed by atoms with E-state index >= 15 is 0 Å². The van der Waals surface area contributed by atoms with Crippen LogP contribution < -0.4 is 11.1 Å². The van der Waals surface area contributed by atoms with Gasteiger partial charge in [0.05, 0.1) is 0 Å². The first kappa shape index (κ1) is 14.8. The van der Waals surface area contributed by atoms with Crippen LogP contribution in [0.4, 0.5) is 0 Å². The van der Waals surface area contributed by atoms with Crippen molar-refractivity contribution in [2.75, 3.05) is 11.5 Å². The van der Waals surface area contributed by atoms with Crippen molar-refractivity contribution >= 4 is 16.5 Å². The van der Waals surface area contributed by atoms with Gasteiger partial charge < -0.3 is 11.1 Å². The lowest BCUT2D eigenvalue weighted by molar-refractivity contribution is 0.0933. The van der Waals surface area contributed by atoms with Crippen molar-refractivity contribution in [2.45, 2.75) is 37.3 Å². The Morgan fingerprint density at radius 1 is 1.29 bits per heavy atom. The Bertz CT molecular complexity index is 539. The van der Waals surface area contributed by atoms with Gasteiger partial charge in [-0.2, -0.15) is 10.6 Å². The minimum atomic E-state index is -2.40. The number of amides is 1. The van der Waals surface area contributed by atoms with Crippen LogP contribution in [0.3, 0.4) is 0 Å². The van der Waals surface area contributed by atoms with E-state index in [1.807, 2.05) is 24.3 Å². The maximum absolute atomic E-state index is 12.3. The van der Waals surface area contributed by atoms with Gasteiger partial charge in [-0.25, -0.2) is 0 Å². The highest BCUT2D eigenvalue weighted by Crippen LogP contribution is 2.44. The Kier molecular flexibility index (Phi) is 3.96. The third kappa shape index (κ3) is 3.58. The fourth-order valence-electron chi connectivity index (χ4n) is 2.83. The summed E-state index contributed by atoms with van der Waals surface area (Å²) in [6.45, 7) is 0. The van der Waals surface area contributed by atoms with Gasteiger partial charge in [-0.1, -0.05) is 12.1 Å². The SMILES string of the molecule is NC1CC1c1cccc(C(=O)NC2CCS(O)(O)CC2)c1. The summed E-state index contributed by atoms with van der Waals surface area (Å²) in [4.78, 5) is 12.3. The largest absolute Gasteiger partial charge is 0.349 e. The third-order valence-electron chi connectivity index (χ3n) is 4.34. The Morgan fingerprint density at radius 3 is 2.57 bits per heavy atom. The molecule has 0 radical (unpaired) electrons. The molecule has 21 heavy (non-hydrogen) atoms. The Balaban J connectivity index is 1.61. The number of benzene rings is 1. The molecule has 1 aromatic carbocycles. The van der Waals surface area contributed by atoms with Crippen molar-refractivity contribution < 1.29 is 13.9 Å². The zero-order valence-electron chi connectivity index (χ0n) is 11.9. The molecule has 0 aromatic heterocycles. The molecule has 3 rings (SSSR count). The van der Waals surface area contributed by atoms with Crippen LogP contribution in [-0.2, 0) is 0 Å². The molecule has 1 saturated heterocycles. The highest BCUT2D eigenvalue weighted by molar-refractivity contribution is 8.24. The monoisotopic (exact) mass is 310 g/mol. The summed E-state index contributed by atoms with van der Waals surface area (Å²) >= 11 is 0. The van der Waals surface area contributed by atoms with Crippen LogP contribution in [0.25, 0.3) is 0 Å². The maximum atomic E-state index is 12.3. The van der Waals surface area contributed by atoms with Crippen LogP contribution in [0.1, 0.15) is 41.1 Å². The number of carbonyl (C=O) groups excluding carboxylic acids is 1. The highest BCUT2D eigenvalue weighted by Gasteiger charge is 2.35. The average Bonchev–Trinajstić information content (AvgIpc) is 3.18. The Morgan fingerprint density at radius 2 is 1.95 bits per heavy atom. The van der Waals surface area contributed by atoms with Crippen LogP contribution in [0.5, 0.6) is 0 Å². The van der Waals surface area contributed by atoms with Crippen molar-refractivity contribution in [1.82, 2.24) is 5.32 Å². The topological polar surface area (TPSA) is 95.6 Å². The van der Waals surface area contributed by atoms with Gasteiger partial charge in [0.2, 0.25) is 0 Å². The summed E-state index contributed by atoms with van der Waals surface area (Å²) in [6, 6.07) is 7.90. The van der Waals surface area contributed by atoms with Crippen molar-refractivity contribution in [3.63, 3.8) is 0 Å². The van der Waals surface area contributed by atoms with Gasteiger partial charge in [0.25, 0.3) is 5.91 Å². The molecule has 2 aliphatic rings. The second kappa shape index (κ2) is 5.61. The smallest absolute Gasteiger partial charge is 0.251 e. The molecule has 0 spiro atoms. The van der Waals surface area contributed by atoms with E-state index in [1.54, 1.807) is 0 Å². The molecule has 1 amide bonds. The average molecular weight is 310 g/mol. The lowest BCUT2D eigenvalue weighted by Gasteiger charge is -2.39. The lowest BCUT2D eigenvalue weighted by atomic mass is 10.1. The number of carbonyl (C=O) groups is 1. The fraction of sp³-hybridized carbons (Fsp3) is 0.533. The van der Waals surface area contributed by atoms with Crippen LogP contribution >= 0.6 is 10.6 Å². The van der Waals surface area contributed by atoms with E-state index in [0.29, 0.717) is 35.8 Å². The molecule has 2 unspecified atom stereocenters. The molecule has 116 valence electrons. The van der Waals surface area contributed by atoms with Gasteiger partial charge in [-0.15, -0.1) is 0 Å². The number of hydrogen-bond donors (Lipinski definition) is 4. The number of nitrogens with two attached hydrogens (primary N) is 1. The highest BCUT2D eigenvalue weighted by atomic mass is 32.3. The lowest BCUT2D eigenvalue weighted by Crippen LogP contribution is -2.39. The summed E-state index contributed by atoms with van der Waals surface area (Å²) in [5, 5.41) is 2.99. The summed E-state index contributed by atoms with van der Waals surface area (Å²) in [6.07, 6.45) is 2.24. The van der Waals surface area contributed by atoms with Crippen molar-refractivity contribution in [3.8, 4) is 0 Å². The molecule has 5 N–H and O–H groups in total. The first-order valence-electron chi connectivity index (χ1n) is 7.35. The Hall–Kier alpha value is -1.08. The summed E-state index contributed by atoms with van der Waals surface area (Å²) < 4.78 is 19.2. The Labute approximate surface area is 126 Å². The number of hydrogen-bond acceptors (Lipinski definition) is 4. The quantitative estimate of drug-likeness (QED) is 0.688. The molecule has 5 nitrogen and oxygen atoms in total. The normalized spacial score (nSPS) is 29.7. The first-order chi connectivity index (χ1) is 9.94. The van der Waals surface area contributed by atoms with Gasteiger partial charge in [0, 0.05) is 35.1 Å². The molecule has 1 saturated carbocycles. The third-order valence-corrected chi connectivity index (χ3v) is 6.12. The minimum Gasteiger partial charge on any atom is -0.349 e. The van der Waals surface area contributed by atoms with Crippen molar-refractivity contribution in [1.29, 1.82) is 0 Å². The summed E-state index contributed by atoms with van der Waals surface area (Å²) in [5.41, 5.74) is 7.64. The van der Waals surface area contributed by atoms with Crippen LogP contribution in [0.15, 0.2) is 24.3 Å². The van der Waals surface area contributed by atoms with Crippen LogP contribution in [0.2, 0.25) is 0 Å². The minimum absolute atomic E-state index is 0.0317. The maximum Gasteiger partial charge on any atom is 0.251 e. The van der Waals surface area contributed by atoms with Crippen molar-refractivity contribution in [3.05, 3.63) is 35.4 Å². The first-order valence-corrected chi connectivity index (χ1v) is 9.23. The second-order valence-electron chi connectivity index (χ2n) is 6.09. The molecule has 1 aromatic rings. The molecule has 1 aliphatic carbocycles. The molecule has 2 atom stereocenters. The van der Waals surface area contributed by atoms with Crippen LogP contribution in [-0.4, -0.2) is 38.6 Å². The molecular weight excluding hydrogens is 288 g/mol. The predicted molar refractivity (Wildman–Crippen MR) is 84.8 cm³/mol. The van der Waals surface area contributed by atoms with E-state index in [9.17, 15) is 13.9 Å². The molecule has 1 heterocycles. The van der Waals surface area contributed by atoms with E-state index in [4.69, 9.17) is 5.73 Å². The zero-order chi connectivity index (χ0) is 15.0. The van der Waals surface area contributed by atoms with Gasteiger partial charge in [0.15, 0.2) is 0 Å². The number of nitrogens with one attached hydrogen (secondary N) is 1. The van der Waals surface area contributed by atoms with Gasteiger partial charge in [0.1, 0.15) is 0 Å². The molecular formula is C15H22N2O3S. The van der Waals surface area contributed by atoms with Crippen LogP contribution in [0, 0.1) is 0 Å². The summed E-state index contributed by atoms with van der Waals surface area (Å²) in [5.74, 6) is 1.07. The molecule has 1 aliphatic heterocycles. The summed E-state index contributed by atoms with van der Waals surface area (Å²) in [7, 11) is -2.40. The number of rotatable bonds is 3. The van der Waals surface area contributed by atoms with Crippen molar-refractivity contribution in [2.24, 2.45) is 5.73 Å². The molecule has 6 heteroatoms. The fourth-order valence-corrected chi connectivity index (χ4v) is 4.36. The van der Waals surface area contributed by atoms with E-state index in [2.05, 4.69) is 5.32 Å². The van der Waals surface area contributed by atoms with E-state index in [0.717, 1.165) is 12.0 Å². The molecule has 2 fully saturated rings. The standard InChI is InChI=1S/C15H22N2O3S/c16-14-9-13(14)10-2-1-3-11(8-10)15(18)17-12-4-6-21(19,20)7-5-12/h1-3,8,12-14,19-20H,4-7,9,16H2,(H,17,18). The van der Waals surface area contributed by atoms with E-state index in [1.165, 1.54) is 0 Å². The van der Waals surface area contributed by atoms with Gasteiger partial charge in [-0.3, -0.25) is 13.9 Å². The van der Waals surface area contributed by atoms with Gasteiger partial charge >= 0.3 is 0 Å². The second-order valence-corrected chi connectivity index (χ2v) is 8.51. The van der Waals surface area contributed by atoms with Gasteiger partial charge in [-0.05, 0) is 37.0 Å². The van der Waals surface area contributed by atoms with E-state index in [-0.39, 0.29) is 18.0 Å². The molecule has 0 bridgehead atoms.